The number of aromatic nitrogens is 1. The monoisotopic (exact) mass is 631 g/mol. The minimum Gasteiger partial charge on any atom is -0.497 e. The van der Waals surface area contributed by atoms with Gasteiger partial charge in [0.1, 0.15) is 22.8 Å². The van der Waals surface area contributed by atoms with Crippen molar-refractivity contribution in [2.24, 2.45) is 5.10 Å². The van der Waals surface area contributed by atoms with Crippen molar-refractivity contribution in [3.63, 3.8) is 0 Å². The number of hydrogen-bond donors (Lipinski definition) is 2. The van der Waals surface area contributed by atoms with Crippen molar-refractivity contribution in [2.45, 2.75) is 6.92 Å². The third-order valence-electron chi connectivity index (χ3n) is 6.61. The van der Waals surface area contributed by atoms with Gasteiger partial charge in [-0.3, -0.25) is 4.79 Å². The van der Waals surface area contributed by atoms with E-state index in [1.807, 2.05) is 30.3 Å². The molecule has 0 saturated heterocycles. The molecule has 1 amide bonds. The zero-order valence-electron chi connectivity index (χ0n) is 23.9. The molecule has 4 aromatic carbocycles. The first-order chi connectivity index (χ1) is 21.3. The largest absolute Gasteiger partial charge is 0.497 e. The lowest BCUT2D eigenvalue weighted by Crippen LogP contribution is -2.19. The highest BCUT2D eigenvalue weighted by atomic mass is 35.5. The van der Waals surface area contributed by atoms with Gasteiger partial charge in [0, 0.05) is 32.1 Å². The van der Waals surface area contributed by atoms with E-state index in [1.165, 1.54) is 19.4 Å². The van der Waals surface area contributed by atoms with Gasteiger partial charge < -0.3 is 23.9 Å². The van der Waals surface area contributed by atoms with E-state index in [1.54, 1.807) is 56.5 Å². The van der Waals surface area contributed by atoms with Gasteiger partial charge in [-0.25, -0.2) is 10.2 Å². The zero-order chi connectivity index (χ0) is 31.2. The summed E-state index contributed by atoms with van der Waals surface area (Å²) in [5.74, 6) is 0.326. The number of halogens is 2. The number of nitrogens with one attached hydrogen (secondary N) is 2. The SMILES string of the molecule is CCOc1cc(C=NNC(=O)c2[nH]c3ccc(OC)cc3c2-c2ccccc2Cl)ccc1OC(=O)c1cc(Cl)ccc1OC. The van der Waals surface area contributed by atoms with E-state index in [0.717, 1.165) is 10.9 Å². The minimum absolute atomic E-state index is 0.169. The summed E-state index contributed by atoms with van der Waals surface area (Å²) in [6.45, 7) is 2.12. The number of carbonyl (C=O) groups is 2. The summed E-state index contributed by atoms with van der Waals surface area (Å²) in [5.41, 5.74) is 5.66. The third kappa shape index (κ3) is 6.49. The lowest BCUT2D eigenvalue weighted by Gasteiger charge is -2.13. The van der Waals surface area contributed by atoms with Crippen LogP contribution < -0.4 is 24.4 Å². The summed E-state index contributed by atoms with van der Waals surface area (Å²) in [6.07, 6.45) is 1.45. The number of hydrazone groups is 1. The molecule has 0 radical (unpaired) electrons. The Balaban J connectivity index is 1.39. The lowest BCUT2D eigenvalue weighted by atomic mass is 10.0. The predicted molar refractivity (Wildman–Crippen MR) is 171 cm³/mol. The second-order valence-electron chi connectivity index (χ2n) is 9.34. The molecule has 5 rings (SSSR count). The number of nitrogens with zero attached hydrogens (tertiary/aromatic N) is 1. The van der Waals surface area contributed by atoms with Gasteiger partial charge in [-0.2, -0.15) is 5.10 Å². The molecule has 0 spiro atoms. The van der Waals surface area contributed by atoms with E-state index in [2.05, 4.69) is 15.5 Å². The summed E-state index contributed by atoms with van der Waals surface area (Å²) < 4.78 is 22.0. The fourth-order valence-electron chi connectivity index (χ4n) is 4.59. The van der Waals surface area contributed by atoms with Crippen LogP contribution in [0.15, 0.2) is 84.0 Å². The Bertz CT molecular complexity index is 1890. The molecule has 0 fully saturated rings. The normalized spacial score (nSPS) is 11.0. The summed E-state index contributed by atoms with van der Waals surface area (Å²) in [5, 5.41) is 5.78. The van der Waals surface area contributed by atoms with Gasteiger partial charge >= 0.3 is 5.97 Å². The first kappa shape index (κ1) is 30.5. The molecule has 44 heavy (non-hydrogen) atoms. The van der Waals surface area contributed by atoms with E-state index in [0.29, 0.717) is 50.6 Å². The van der Waals surface area contributed by atoms with E-state index >= 15 is 0 Å². The van der Waals surface area contributed by atoms with E-state index in [9.17, 15) is 9.59 Å². The molecule has 0 atom stereocenters. The Kier molecular flexibility index (Phi) is 9.38. The number of hydrogen-bond acceptors (Lipinski definition) is 7. The highest BCUT2D eigenvalue weighted by Gasteiger charge is 2.22. The number of benzene rings is 4. The van der Waals surface area contributed by atoms with Crippen LogP contribution >= 0.6 is 23.2 Å². The number of aromatic amines is 1. The summed E-state index contributed by atoms with van der Waals surface area (Å²) >= 11 is 12.6. The Labute approximate surface area is 263 Å². The maximum Gasteiger partial charge on any atom is 0.347 e. The predicted octanol–water partition coefficient (Wildman–Crippen LogP) is 7.54. The number of ether oxygens (including phenoxy) is 4. The summed E-state index contributed by atoms with van der Waals surface area (Å²) in [6, 6.07) is 22.3. The molecule has 5 aromatic rings. The van der Waals surface area contributed by atoms with Gasteiger partial charge in [-0.15, -0.1) is 0 Å². The summed E-state index contributed by atoms with van der Waals surface area (Å²) in [4.78, 5) is 29.5. The Hall–Kier alpha value is -4.99. The van der Waals surface area contributed by atoms with Crippen molar-refractivity contribution in [2.75, 3.05) is 20.8 Å². The van der Waals surface area contributed by atoms with E-state index in [-0.39, 0.29) is 17.0 Å². The van der Waals surface area contributed by atoms with Crippen molar-refractivity contribution in [1.29, 1.82) is 0 Å². The van der Waals surface area contributed by atoms with Gasteiger partial charge in [0.2, 0.25) is 0 Å². The molecule has 0 aliphatic heterocycles. The number of esters is 1. The van der Waals surface area contributed by atoms with Crippen LogP contribution in [0.25, 0.3) is 22.0 Å². The molecule has 1 aromatic heterocycles. The molecule has 224 valence electrons. The van der Waals surface area contributed by atoms with Crippen LogP contribution in [0.3, 0.4) is 0 Å². The van der Waals surface area contributed by atoms with Gasteiger partial charge in [-0.1, -0.05) is 41.4 Å². The maximum atomic E-state index is 13.4. The highest BCUT2D eigenvalue weighted by Crippen LogP contribution is 2.38. The second-order valence-corrected chi connectivity index (χ2v) is 10.2. The Morgan fingerprint density at radius 3 is 2.45 bits per heavy atom. The zero-order valence-corrected chi connectivity index (χ0v) is 25.5. The second kappa shape index (κ2) is 13.5. The fourth-order valence-corrected chi connectivity index (χ4v) is 4.99. The minimum atomic E-state index is -0.663. The molecule has 0 saturated carbocycles. The molecule has 0 unspecified atom stereocenters. The number of carbonyl (C=O) groups excluding carboxylic acids is 2. The van der Waals surface area contributed by atoms with Crippen LogP contribution in [0.4, 0.5) is 0 Å². The first-order valence-electron chi connectivity index (χ1n) is 13.4. The number of rotatable bonds is 10. The molecule has 1 heterocycles. The Morgan fingerprint density at radius 2 is 1.70 bits per heavy atom. The summed E-state index contributed by atoms with van der Waals surface area (Å²) in [7, 11) is 3.03. The average molecular weight is 633 g/mol. The van der Waals surface area contributed by atoms with Gasteiger partial charge in [0.15, 0.2) is 11.5 Å². The van der Waals surface area contributed by atoms with E-state index < -0.39 is 11.9 Å². The number of methoxy groups -OCH3 is 2. The standard InChI is InChI=1S/C33H27Cl2N3O6/c1-4-43-29-15-19(9-13-28(29)44-33(40)24-16-20(34)10-14-27(24)42-3)18-36-38-32(39)31-30(22-7-5-6-8-25(22)35)23-17-21(41-2)11-12-26(23)37-31/h5-18,37H,4H2,1-3H3,(H,38,39). The van der Waals surface area contributed by atoms with Gasteiger partial charge in [-0.05, 0) is 73.2 Å². The molecule has 9 nitrogen and oxygen atoms in total. The van der Waals surface area contributed by atoms with Crippen LogP contribution in [0.1, 0.15) is 33.3 Å². The molecule has 2 N–H and O–H groups in total. The molecule has 0 aliphatic carbocycles. The number of amides is 1. The highest BCUT2D eigenvalue weighted by molar-refractivity contribution is 6.34. The van der Waals surface area contributed by atoms with Crippen LogP contribution in [0.2, 0.25) is 10.0 Å². The topological polar surface area (TPSA) is 111 Å². The molecule has 11 heteroatoms. The van der Waals surface area contributed by atoms with Crippen molar-refractivity contribution in [1.82, 2.24) is 10.4 Å². The van der Waals surface area contributed by atoms with Gasteiger partial charge in [0.05, 0.1) is 27.0 Å². The number of H-pyrrole nitrogens is 1. The molecule has 0 bridgehead atoms. The smallest absolute Gasteiger partial charge is 0.347 e. The first-order valence-corrected chi connectivity index (χ1v) is 14.2. The average Bonchev–Trinajstić information content (AvgIpc) is 3.41. The van der Waals surface area contributed by atoms with Gasteiger partial charge in [0.25, 0.3) is 5.91 Å². The maximum absolute atomic E-state index is 13.4. The van der Waals surface area contributed by atoms with Crippen LogP contribution in [0, 0.1) is 0 Å². The van der Waals surface area contributed by atoms with E-state index in [4.69, 9.17) is 42.1 Å². The van der Waals surface area contributed by atoms with Crippen molar-refractivity contribution >= 4 is 52.2 Å². The van der Waals surface area contributed by atoms with Crippen LogP contribution in [-0.2, 0) is 0 Å². The molecular weight excluding hydrogens is 605 g/mol. The third-order valence-corrected chi connectivity index (χ3v) is 7.17. The van der Waals surface area contributed by atoms with Crippen molar-refractivity contribution in [3.8, 4) is 34.1 Å². The molecule has 0 aliphatic rings. The number of fused-ring (bicyclic) bond motifs is 1. The Morgan fingerprint density at radius 1 is 0.909 bits per heavy atom. The van der Waals surface area contributed by atoms with Crippen molar-refractivity contribution in [3.05, 3.63) is 106 Å². The molecular formula is C33H27Cl2N3O6. The van der Waals surface area contributed by atoms with Crippen LogP contribution in [-0.4, -0.2) is 43.9 Å². The van der Waals surface area contributed by atoms with Crippen LogP contribution in [0.5, 0.6) is 23.0 Å². The lowest BCUT2D eigenvalue weighted by molar-refractivity contribution is 0.0724. The fraction of sp³-hybridized carbons (Fsp3) is 0.121. The quantitative estimate of drug-likeness (QED) is 0.0713. The van der Waals surface area contributed by atoms with Crippen molar-refractivity contribution < 1.29 is 28.5 Å².